The molecule has 0 aliphatic heterocycles. The fraction of sp³-hybridized carbons (Fsp3) is 0.217. The third kappa shape index (κ3) is 3.86. The summed E-state index contributed by atoms with van der Waals surface area (Å²) in [7, 11) is 0. The first kappa shape index (κ1) is 16.3. The fourth-order valence-corrected chi connectivity index (χ4v) is 3.00. The lowest BCUT2D eigenvalue weighted by Crippen LogP contribution is -2.25. The Bertz CT molecular complexity index is 753. The third-order valence-corrected chi connectivity index (χ3v) is 4.30. The highest BCUT2D eigenvalue weighted by molar-refractivity contribution is 5.66. The summed E-state index contributed by atoms with van der Waals surface area (Å²) in [4.78, 5) is 0. The molecule has 0 saturated carbocycles. The van der Waals surface area contributed by atoms with Gasteiger partial charge in [-0.05, 0) is 34.2 Å². The number of anilines is 1. The molecule has 1 unspecified atom stereocenters. The monoisotopic (exact) mass is 315 g/mol. The molecule has 3 aromatic rings. The Labute approximate surface area is 145 Å². The minimum absolute atomic E-state index is 0.124. The molecule has 0 bridgehead atoms. The second kappa shape index (κ2) is 6.92. The molecule has 1 nitrogen and oxygen atoms in total. The van der Waals surface area contributed by atoms with Crippen molar-refractivity contribution in [2.24, 2.45) is 5.41 Å². The molecule has 122 valence electrons. The summed E-state index contributed by atoms with van der Waals surface area (Å²) in [6.07, 6.45) is 0. The van der Waals surface area contributed by atoms with E-state index in [0.717, 1.165) is 5.69 Å². The summed E-state index contributed by atoms with van der Waals surface area (Å²) >= 11 is 0. The van der Waals surface area contributed by atoms with E-state index < -0.39 is 0 Å². The topological polar surface area (TPSA) is 12.0 Å². The first-order valence-electron chi connectivity index (χ1n) is 8.51. The van der Waals surface area contributed by atoms with Gasteiger partial charge in [0.05, 0.1) is 6.04 Å². The largest absolute Gasteiger partial charge is 0.378 e. The van der Waals surface area contributed by atoms with Crippen molar-refractivity contribution in [1.82, 2.24) is 0 Å². The first-order valence-corrected chi connectivity index (χ1v) is 8.51. The molecule has 0 spiro atoms. The van der Waals surface area contributed by atoms with Crippen LogP contribution in [0.2, 0.25) is 0 Å². The van der Waals surface area contributed by atoms with Crippen LogP contribution in [0.15, 0.2) is 84.9 Å². The Hall–Kier alpha value is -2.54. The van der Waals surface area contributed by atoms with Gasteiger partial charge in [-0.3, -0.25) is 0 Å². The lowest BCUT2D eigenvalue weighted by molar-refractivity contribution is 0.347. The summed E-state index contributed by atoms with van der Waals surface area (Å²) in [6.45, 7) is 6.82. The quantitative estimate of drug-likeness (QED) is 0.575. The van der Waals surface area contributed by atoms with Gasteiger partial charge >= 0.3 is 0 Å². The van der Waals surface area contributed by atoms with Gasteiger partial charge in [-0.15, -0.1) is 0 Å². The highest BCUT2D eigenvalue weighted by atomic mass is 14.9. The zero-order valence-corrected chi connectivity index (χ0v) is 14.7. The number of rotatable bonds is 4. The fourth-order valence-electron chi connectivity index (χ4n) is 3.00. The molecular weight excluding hydrogens is 290 g/mol. The Morgan fingerprint density at radius 2 is 1.12 bits per heavy atom. The zero-order chi connectivity index (χ0) is 17.0. The molecule has 0 aliphatic rings. The summed E-state index contributed by atoms with van der Waals surface area (Å²) in [5.74, 6) is 0. The van der Waals surface area contributed by atoms with Gasteiger partial charge < -0.3 is 5.32 Å². The minimum atomic E-state index is 0.124. The minimum Gasteiger partial charge on any atom is -0.378 e. The average molecular weight is 315 g/mol. The van der Waals surface area contributed by atoms with Gasteiger partial charge in [-0.2, -0.15) is 0 Å². The summed E-state index contributed by atoms with van der Waals surface area (Å²) < 4.78 is 0. The van der Waals surface area contributed by atoms with Gasteiger partial charge in [0.2, 0.25) is 0 Å². The van der Waals surface area contributed by atoms with Crippen LogP contribution < -0.4 is 5.32 Å². The molecule has 1 N–H and O–H groups in total. The second-order valence-electron chi connectivity index (χ2n) is 7.30. The van der Waals surface area contributed by atoms with E-state index in [4.69, 9.17) is 0 Å². The van der Waals surface area contributed by atoms with Crippen LogP contribution in [0.25, 0.3) is 11.1 Å². The van der Waals surface area contributed by atoms with Crippen LogP contribution in [0.1, 0.15) is 32.4 Å². The Kier molecular flexibility index (Phi) is 4.71. The normalized spacial score (nSPS) is 12.6. The molecule has 0 heterocycles. The van der Waals surface area contributed by atoms with E-state index in [9.17, 15) is 0 Å². The highest BCUT2D eigenvalue weighted by Gasteiger charge is 2.25. The SMILES string of the molecule is CC(C)(C)C(Nc1ccc(-c2ccccc2)cc1)c1ccccc1. The molecule has 3 rings (SSSR count). The van der Waals surface area contributed by atoms with Crippen molar-refractivity contribution in [3.8, 4) is 11.1 Å². The maximum Gasteiger partial charge on any atom is 0.0562 e. The van der Waals surface area contributed by atoms with Crippen LogP contribution in [-0.2, 0) is 0 Å². The number of benzene rings is 3. The van der Waals surface area contributed by atoms with Gasteiger partial charge in [-0.25, -0.2) is 0 Å². The van der Waals surface area contributed by atoms with Gasteiger partial charge in [0.1, 0.15) is 0 Å². The van der Waals surface area contributed by atoms with E-state index in [1.54, 1.807) is 0 Å². The summed E-state index contributed by atoms with van der Waals surface area (Å²) in [5.41, 5.74) is 5.09. The van der Waals surface area contributed by atoms with E-state index in [1.807, 2.05) is 6.07 Å². The molecule has 3 aromatic carbocycles. The molecule has 0 fully saturated rings. The van der Waals surface area contributed by atoms with Crippen LogP contribution in [0, 0.1) is 5.41 Å². The van der Waals surface area contributed by atoms with Crippen LogP contribution in [0.3, 0.4) is 0 Å². The Morgan fingerprint density at radius 1 is 0.625 bits per heavy atom. The molecular formula is C23H25N. The second-order valence-corrected chi connectivity index (χ2v) is 7.30. The van der Waals surface area contributed by atoms with E-state index >= 15 is 0 Å². The van der Waals surface area contributed by atoms with Crippen LogP contribution >= 0.6 is 0 Å². The number of hydrogen-bond donors (Lipinski definition) is 1. The van der Waals surface area contributed by atoms with Gasteiger partial charge in [0.25, 0.3) is 0 Å². The van der Waals surface area contributed by atoms with Crippen molar-refractivity contribution in [1.29, 1.82) is 0 Å². The van der Waals surface area contributed by atoms with E-state index in [1.165, 1.54) is 16.7 Å². The van der Waals surface area contributed by atoms with Gasteiger partial charge in [0.15, 0.2) is 0 Å². The van der Waals surface area contributed by atoms with Crippen LogP contribution in [-0.4, -0.2) is 0 Å². The maximum atomic E-state index is 3.71. The predicted octanol–water partition coefficient (Wildman–Crippen LogP) is 6.55. The average Bonchev–Trinajstić information content (AvgIpc) is 2.61. The zero-order valence-electron chi connectivity index (χ0n) is 14.7. The van der Waals surface area contributed by atoms with Crippen molar-refractivity contribution in [3.63, 3.8) is 0 Å². The summed E-state index contributed by atoms with van der Waals surface area (Å²) in [6, 6.07) is 30.1. The van der Waals surface area contributed by atoms with E-state index in [-0.39, 0.29) is 11.5 Å². The Balaban J connectivity index is 1.83. The van der Waals surface area contributed by atoms with Gasteiger partial charge in [0, 0.05) is 5.69 Å². The van der Waals surface area contributed by atoms with E-state index in [0.29, 0.717) is 0 Å². The molecule has 1 heteroatoms. The third-order valence-electron chi connectivity index (χ3n) is 4.30. The first-order chi connectivity index (χ1) is 11.5. The summed E-state index contributed by atoms with van der Waals surface area (Å²) in [5, 5.41) is 3.71. The maximum absolute atomic E-state index is 3.71. The van der Waals surface area contributed by atoms with Crippen LogP contribution in [0.4, 0.5) is 5.69 Å². The lowest BCUT2D eigenvalue weighted by Gasteiger charge is -2.33. The lowest BCUT2D eigenvalue weighted by atomic mass is 9.82. The molecule has 0 aliphatic carbocycles. The number of hydrogen-bond acceptors (Lipinski definition) is 1. The van der Waals surface area contributed by atoms with Crippen molar-refractivity contribution in [2.45, 2.75) is 26.8 Å². The molecule has 0 aromatic heterocycles. The highest BCUT2D eigenvalue weighted by Crippen LogP contribution is 2.36. The van der Waals surface area contributed by atoms with Crippen molar-refractivity contribution >= 4 is 5.69 Å². The molecule has 0 saturated heterocycles. The molecule has 0 amide bonds. The van der Waals surface area contributed by atoms with Crippen molar-refractivity contribution in [2.75, 3.05) is 5.32 Å². The smallest absolute Gasteiger partial charge is 0.0562 e. The molecule has 1 atom stereocenters. The van der Waals surface area contributed by atoms with Crippen molar-refractivity contribution < 1.29 is 0 Å². The van der Waals surface area contributed by atoms with Crippen molar-refractivity contribution in [3.05, 3.63) is 90.5 Å². The molecule has 0 radical (unpaired) electrons. The molecule has 24 heavy (non-hydrogen) atoms. The number of nitrogens with one attached hydrogen (secondary N) is 1. The van der Waals surface area contributed by atoms with Crippen LogP contribution in [0.5, 0.6) is 0 Å². The Morgan fingerprint density at radius 3 is 1.67 bits per heavy atom. The van der Waals surface area contributed by atoms with Gasteiger partial charge in [-0.1, -0.05) is 93.6 Å². The standard InChI is InChI=1S/C23H25N/c1-23(2,3)22(20-12-8-5-9-13-20)24-21-16-14-19(15-17-21)18-10-6-4-7-11-18/h4-17,22,24H,1-3H3. The van der Waals surface area contributed by atoms with E-state index in [2.05, 4.69) is 105 Å². The predicted molar refractivity (Wildman–Crippen MR) is 104 cm³/mol.